The molecule has 116 valence electrons. The van der Waals surface area contributed by atoms with Gasteiger partial charge in [-0.05, 0) is 37.8 Å². The van der Waals surface area contributed by atoms with E-state index in [1.54, 1.807) is 0 Å². The molecule has 21 heavy (non-hydrogen) atoms. The summed E-state index contributed by atoms with van der Waals surface area (Å²) in [5.41, 5.74) is 0.379. The van der Waals surface area contributed by atoms with E-state index in [1.807, 2.05) is 6.92 Å². The molecule has 2 amide bonds. The third-order valence-corrected chi connectivity index (χ3v) is 3.58. The minimum Gasteiger partial charge on any atom is -0.376 e. The lowest BCUT2D eigenvalue weighted by Crippen LogP contribution is -2.46. The van der Waals surface area contributed by atoms with E-state index in [-0.39, 0.29) is 24.7 Å². The predicted octanol–water partition coefficient (Wildman–Crippen LogP) is 2.37. The lowest BCUT2D eigenvalue weighted by molar-refractivity contribution is 0.0860. The van der Waals surface area contributed by atoms with Gasteiger partial charge in [-0.25, -0.2) is 13.6 Å². The van der Waals surface area contributed by atoms with Crippen LogP contribution in [0.5, 0.6) is 0 Å². The van der Waals surface area contributed by atoms with Gasteiger partial charge in [-0.2, -0.15) is 0 Å². The van der Waals surface area contributed by atoms with Crippen molar-refractivity contribution in [1.82, 2.24) is 10.6 Å². The van der Waals surface area contributed by atoms with Crippen LogP contribution >= 0.6 is 0 Å². The minimum absolute atomic E-state index is 0.0601. The normalized spacial score (nSPS) is 19.3. The van der Waals surface area contributed by atoms with E-state index < -0.39 is 11.6 Å². The highest BCUT2D eigenvalue weighted by atomic mass is 19.1. The molecule has 2 atom stereocenters. The van der Waals surface area contributed by atoms with E-state index in [1.165, 1.54) is 12.1 Å². The summed E-state index contributed by atoms with van der Waals surface area (Å²) in [6, 6.07) is 3.07. The summed E-state index contributed by atoms with van der Waals surface area (Å²) >= 11 is 0. The van der Waals surface area contributed by atoms with Crippen molar-refractivity contribution in [2.45, 2.75) is 38.3 Å². The first kappa shape index (κ1) is 15.7. The van der Waals surface area contributed by atoms with Crippen molar-refractivity contribution in [3.05, 3.63) is 35.4 Å². The highest BCUT2D eigenvalue weighted by Gasteiger charge is 2.23. The van der Waals surface area contributed by atoms with E-state index in [2.05, 4.69) is 10.6 Å². The number of carbonyl (C=O) groups is 1. The molecule has 2 rings (SSSR count). The van der Waals surface area contributed by atoms with Gasteiger partial charge < -0.3 is 15.4 Å². The molecule has 2 unspecified atom stereocenters. The van der Waals surface area contributed by atoms with Crippen LogP contribution in [0, 0.1) is 11.6 Å². The van der Waals surface area contributed by atoms with Crippen LogP contribution in [-0.4, -0.2) is 31.3 Å². The fourth-order valence-corrected chi connectivity index (χ4v) is 2.38. The lowest BCUT2D eigenvalue weighted by atomic mass is 10.1. The Hall–Kier alpha value is -1.69. The van der Waals surface area contributed by atoms with Crippen molar-refractivity contribution in [2.24, 2.45) is 0 Å². The summed E-state index contributed by atoms with van der Waals surface area (Å²) < 4.78 is 31.7. The molecule has 4 nitrogen and oxygen atoms in total. The first-order valence-electron chi connectivity index (χ1n) is 7.16. The molecule has 2 N–H and O–H groups in total. The van der Waals surface area contributed by atoms with Crippen LogP contribution in [0.25, 0.3) is 0 Å². The lowest BCUT2D eigenvalue weighted by Gasteiger charge is -2.20. The standard InChI is InChI=1S/C15H20F2N2O2/c1-10(14-3-2-8-21-14)19-15(20)18-7-6-11-4-5-12(16)9-13(11)17/h4-5,9-10,14H,2-3,6-8H2,1H3,(H2,18,19,20). The number of rotatable bonds is 5. The second-order valence-electron chi connectivity index (χ2n) is 5.23. The summed E-state index contributed by atoms with van der Waals surface area (Å²) in [6.07, 6.45) is 2.34. The minimum atomic E-state index is -0.604. The maximum Gasteiger partial charge on any atom is 0.315 e. The van der Waals surface area contributed by atoms with Gasteiger partial charge in [0.1, 0.15) is 11.6 Å². The Bertz CT molecular complexity index is 491. The quantitative estimate of drug-likeness (QED) is 0.877. The second-order valence-corrected chi connectivity index (χ2v) is 5.23. The second kappa shape index (κ2) is 7.36. The van der Waals surface area contributed by atoms with Crippen LogP contribution in [0.3, 0.4) is 0 Å². The first-order valence-corrected chi connectivity index (χ1v) is 7.16. The van der Waals surface area contributed by atoms with Crippen LogP contribution in [0.2, 0.25) is 0 Å². The van der Waals surface area contributed by atoms with Crippen molar-refractivity contribution in [2.75, 3.05) is 13.2 Å². The molecule has 0 spiro atoms. The molecule has 0 radical (unpaired) electrons. The Morgan fingerprint density at radius 3 is 2.95 bits per heavy atom. The number of amides is 2. The number of urea groups is 1. The average molecular weight is 298 g/mol. The van der Waals surface area contributed by atoms with Crippen LogP contribution in [0.15, 0.2) is 18.2 Å². The number of benzene rings is 1. The van der Waals surface area contributed by atoms with E-state index in [0.29, 0.717) is 12.0 Å². The van der Waals surface area contributed by atoms with Crippen molar-refractivity contribution >= 4 is 6.03 Å². The van der Waals surface area contributed by atoms with E-state index in [0.717, 1.165) is 25.5 Å². The number of halogens is 2. The summed E-state index contributed by atoms with van der Waals surface area (Å²) in [7, 11) is 0. The monoisotopic (exact) mass is 298 g/mol. The molecule has 1 aliphatic rings. The molecule has 1 aromatic rings. The molecule has 0 saturated carbocycles. The first-order chi connectivity index (χ1) is 10.1. The fourth-order valence-electron chi connectivity index (χ4n) is 2.38. The largest absolute Gasteiger partial charge is 0.376 e. The Kier molecular flexibility index (Phi) is 5.50. The predicted molar refractivity (Wildman–Crippen MR) is 75.0 cm³/mol. The summed E-state index contributed by atoms with van der Waals surface area (Å²) in [6.45, 7) is 2.92. The molecular formula is C15H20F2N2O2. The molecular weight excluding hydrogens is 278 g/mol. The van der Waals surface area contributed by atoms with Crippen LogP contribution < -0.4 is 10.6 Å². The molecule has 1 saturated heterocycles. The Morgan fingerprint density at radius 2 is 2.29 bits per heavy atom. The van der Waals surface area contributed by atoms with Gasteiger partial charge in [-0.15, -0.1) is 0 Å². The highest BCUT2D eigenvalue weighted by molar-refractivity contribution is 5.74. The fraction of sp³-hybridized carbons (Fsp3) is 0.533. The summed E-state index contributed by atoms with van der Waals surface area (Å²) in [5, 5.41) is 5.46. The topological polar surface area (TPSA) is 50.4 Å². The molecule has 0 bridgehead atoms. The van der Waals surface area contributed by atoms with Gasteiger partial charge in [0.15, 0.2) is 0 Å². The van der Waals surface area contributed by atoms with E-state index in [4.69, 9.17) is 4.74 Å². The molecule has 0 aliphatic carbocycles. The molecule has 0 aromatic heterocycles. The van der Waals surface area contributed by atoms with Crippen molar-refractivity contribution in [3.8, 4) is 0 Å². The van der Waals surface area contributed by atoms with E-state index >= 15 is 0 Å². The van der Waals surface area contributed by atoms with Crippen LogP contribution in [0.4, 0.5) is 13.6 Å². The number of carbonyl (C=O) groups excluding carboxylic acids is 1. The molecule has 1 aliphatic heterocycles. The van der Waals surface area contributed by atoms with Gasteiger partial charge in [0, 0.05) is 19.2 Å². The van der Waals surface area contributed by atoms with E-state index in [9.17, 15) is 13.6 Å². The smallest absolute Gasteiger partial charge is 0.315 e. The maximum absolute atomic E-state index is 13.4. The van der Waals surface area contributed by atoms with Gasteiger partial charge in [0.2, 0.25) is 0 Å². The Balaban J connectivity index is 1.71. The van der Waals surface area contributed by atoms with Crippen molar-refractivity contribution in [1.29, 1.82) is 0 Å². The zero-order valence-electron chi connectivity index (χ0n) is 12.0. The average Bonchev–Trinajstić information content (AvgIpc) is 2.95. The summed E-state index contributed by atoms with van der Waals surface area (Å²) in [4.78, 5) is 11.7. The van der Waals surface area contributed by atoms with Crippen LogP contribution in [0.1, 0.15) is 25.3 Å². The maximum atomic E-state index is 13.4. The third-order valence-electron chi connectivity index (χ3n) is 3.58. The highest BCUT2D eigenvalue weighted by Crippen LogP contribution is 2.15. The molecule has 6 heteroatoms. The van der Waals surface area contributed by atoms with Crippen molar-refractivity contribution in [3.63, 3.8) is 0 Å². The Labute approximate surface area is 122 Å². The van der Waals surface area contributed by atoms with Gasteiger partial charge >= 0.3 is 6.03 Å². The van der Waals surface area contributed by atoms with Gasteiger partial charge in [-0.1, -0.05) is 6.07 Å². The van der Waals surface area contributed by atoms with Crippen LogP contribution in [-0.2, 0) is 11.2 Å². The van der Waals surface area contributed by atoms with Gasteiger partial charge in [0.25, 0.3) is 0 Å². The van der Waals surface area contributed by atoms with Gasteiger partial charge in [-0.3, -0.25) is 0 Å². The third kappa shape index (κ3) is 4.67. The zero-order chi connectivity index (χ0) is 15.2. The zero-order valence-corrected chi connectivity index (χ0v) is 12.0. The summed E-state index contributed by atoms with van der Waals surface area (Å²) in [5.74, 6) is -1.20. The molecule has 1 aromatic carbocycles. The number of nitrogens with one attached hydrogen (secondary N) is 2. The SMILES string of the molecule is CC(NC(=O)NCCc1ccc(F)cc1F)C1CCCO1. The number of hydrogen-bond acceptors (Lipinski definition) is 2. The molecule has 1 fully saturated rings. The number of ether oxygens (including phenoxy) is 1. The number of hydrogen-bond donors (Lipinski definition) is 2. The molecule has 1 heterocycles. The Morgan fingerprint density at radius 1 is 1.48 bits per heavy atom. The van der Waals surface area contributed by atoms with Gasteiger partial charge in [0.05, 0.1) is 12.1 Å². The van der Waals surface area contributed by atoms with Crippen molar-refractivity contribution < 1.29 is 18.3 Å².